The molecule has 0 bridgehead atoms. The summed E-state index contributed by atoms with van der Waals surface area (Å²) in [5.74, 6) is -1.15. The normalized spacial score (nSPS) is 13.6. The number of aliphatic hydroxyl groups is 2. The number of hydrazone groups is 1. The SMILES string of the molecule is O=C1c2cccc3c(N/N=C/c4cc(Cl)ccc4O)ccc(c23)C(=O)N1C(CO)CO. The Morgan fingerprint density at radius 2 is 1.74 bits per heavy atom. The van der Waals surface area contributed by atoms with Crippen molar-refractivity contribution >= 4 is 46.1 Å². The summed E-state index contributed by atoms with van der Waals surface area (Å²) in [7, 11) is 0. The number of nitrogens with zero attached hydrogens (tertiary/aromatic N) is 2. The number of imide groups is 1. The second kappa shape index (κ2) is 8.35. The average Bonchev–Trinajstić information content (AvgIpc) is 2.77. The number of rotatable bonds is 6. The van der Waals surface area contributed by atoms with E-state index in [9.17, 15) is 24.9 Å². The molecular weight excluding hydrogens is 422 g/mol. The lowest BCUT2D eigenvalue weighted by molar-refractivity contribution is 0.0375. The number of amides is 2. The van der Waals surface area contributed by atoms with Gasteiger partial charge in [0.05, 0.1) is 31.2 Å². The van der Waals surface area contributed by atoms with E-state index in [0.29, 0.717) is 38.2 Å². The van der Waals surface area contributed by atoms with Crippen LogP contribution in [0, 0.1) is 0 Å². The Bertz CT molecular complexity index is 1200. The minimum atomic E-state index is -1.02. The van der Waals surface area contributed by atoms with E-state index < -0.39 is 31.1 Å². The molecule has 8 nitrogen and oxygen atoms in total. The molecule has 0 unspecified atom stereocenters. The van der Waals surface area contributed by atoms with E-state index in [1.807, 2.05) is 0 Å². The second-order valence-corrected chi connectivity index (χ2v) is 7.40. The predicted molar refractivity (Wildman–Crippen MR) is 117 cm³/mol. The van der Waals surface area contributed by atoms with Crippen molar-refractivity contribution < 1.29 is 24.9 Å². The molecule has 31 heavy (non-hydrogen) atoms. The second-order valence-electron chi connectivity index (χ2n) is 6.96. The van der Waals surface area contributed by atoms with Crippen LogP contribution in [0.5, 0.6) is 5.75 Å². The number of halogens is 1. The quantitative estimate of drug-likeness (QED) is 0.266. The van der Waals surface area contributed by atoms with E-state index in [2.05, 4.69) is 10.5 Å². The first kappa shape index (κ1) is 20.8. The molecule has 3 aromatic rings. The summed E-state index contributed by atoms with van der Waals surface area (Å²) in [4.78, 5) is 26.8. The third-order valence-corrected chi connectivity index (χ3v) is 5.34. The van der Waals surface area contributed by atoms with Gasteiger partial charge in [0, 0.05) is 32.5 Å². The third kappa shape index (κ3) is 3.61. The van der Waals surface area contributed by atoms with Gasteiger partial charge in [-0.05, 0) is 36.4 Å². The van der Waals surface area contributed by atoms with Crippen LogP contribution in [0.25, 0.3) is 10.8 Å². The van der Waals surface area contributed by atoms with E-state index >= 15 is 0 Å². The maximum Gasteiger partial charge on any atom is 0.261 e. The van der Waals surface area contributed by atoms with Gasteiger partial charge in [0.1, 0.15) is 5.75 Å². The zero-order chi connectivity index (χ0) is 22.1. The molecule has 1 aliphatic heterocycles. The molecule has 0 atom stereocenters. The van der Waals surface area contributed by atoms with Crippen molar-refractivity contribution in [3.63, 3.8) is 0 Å². The number of phenolic OH excluding ortho intramolecular Hbond substituents is 1. The zero-order valence-corrected chi connectivity index (χ0v) is 16.9. The number of nitrogens with one attached hydrogen (secondary N) is 1. The van der Waals surface area contributed by atoms with Gasteiger partial charge in [-0.2, -0.15) is 5.10 Å². The molecule has 4 rings (SSSR count). The highest BCUT2D eigenvalue weighted by Crippen LogP contribution is 2.35. The van der Waals surface area contributed by atoms with Crippen molar-refractivity contribution in [3.05, 3.63) is 70.2 Å². The lowest BCUT2D eigenvalue weighted by Crippen LogP contribution is -2.50. The van der Waals surface area contributed by atoms with Gasteiger partial charge in [-0.15, -0.1) is 0 Å². The van der Waals surface area contributed by atoms with Crippen molar-refractivity contribution in [2.75, 3.05) is 18.6 Å². The Morgan fingerprint density at radius 1 is 1.03 bits per heavy atom. The number of carbonyl (C=O) groups excluding carboxylic acids is 2. The molecule has 0 spiro atoms. The molecule has 0 saturated carbocycles. The van der Waals surface area contributed by atoms with Crippen LogP contribution in [-0.2, 0) is 0 Å². The van der Waals surface area contributed by atoms with Crippen LogP contribution >= 0.6 is 11.6 Å². The van der Waals surface area contributed by atoms with Crippen LogP contribution in [-0.4, -0.2) is 57.5 Å². The van der Waals surface area contributed by atoms with Gasteiger partial charge in [0.15, 0.2) is 0 Å². The number of carbonyl (C=O) groups is 2. The fraction of sp³-hybridized carbons (Fsp3) is 0.136. The highest BCUT2D eigenvalue weighted by molar-refractivity contribution is 6.31. The number of aliphatic hydroxyl groups excluding tert-OH is 2. The summed E-state index contributed by atoms with van der Waals surface area (Å²) in [6, 6.07) is 11.8. The number of hydrogen-bond acceptors (Lipinski definition) is 7. The van der Waals surface area contributed by atoms with E-state index in [-0.39, 0.29) is 5.75 Å². The molecule has 1 heterocycles. The Hall–Kier alpha value is -3.46. The summed E-state index contributed by atoms with van der Waals surface area (Å²) in [5, 5.41) is 34.5. The number of aromatic hydroxyl groups is 1. The van der Waals surface area contributed by atoms with Crippen LogP contribution in [0.4, 0.5) is 5.69 Å². The van der Waals surface area contributed by atoms with Crippen LogP contribution in [0.3, 0.4) is 0 Å². The van der Waals surface area contributed by atoms with E-state index in [1.54, 1.807) is 42.5 Å². The van der Waals surface area contributed by atoms with Crippen molar-refractivity contribution in [2.45, 2.75) is 6.04 Å². The summed E-state index contributed by atoms with van der Waals surface area (Å²) in [6.45, 7) is -1.08. The molecule has 1 aliphatic rings. The number of benzene rings is 3. The molecule has 4 N–H and O–H groups in total. The lowest BCUT2D eigenvalue weighted by Gasteiger charge is -2.32. The summed E-state index contributed by atoms with van der Waals surface area (Å²) in [5.41, 5.74) is 4.42. The summed E-state index contributed by atoms with van der Waals surface area (Å²) in [6.07, 6.45) is 1.40. The first-order chi connectivity index (χ1) is 15.0. The standard InChI is InChI=1S/C22H18ClN3O5/c23-13-4-7-19(29)12(8-13)9-24-25-18-6-5-17-20-15(18)2-1-3-16(20)21(30)26(22(17)31)14(10-27)11-28/h1-9,14,25,27-29H,10-11H2/b24-9+. The molecule has 0 fully saturated rings. The number of phenols is 1. The van der Waals surface area contributed by atoms with Gasteiger partial charge in [0.2, 0.25) is 0 Å². The van der Waals surface area contributed by atoms with Gasteiger partial charge >= 0.3 is 0 Å². The topological polar surface area (TPSA) is 122 Å². The molecule has 0 aliphatic carbocycles. The Labute approximate surface area is 182 Å². The first-order valence-electron chi connectivity index (χ1n) is 9.39. The van der Waals surface area contributed by atoms with Crippen LogP contribution < -0.4 is 5.43 Å². The summed E-state index contributed by atoms with van der Waals surface area (Å²) >= 11 is 5.94. The van der Waals surface area contributed by atoms with E-state index in [4.69, 9.17) is 11.6 Å². The van der Waals surface area contributed by atoms with Gasteiger partial charge in [-0.1, -0.05) is 23.7 Å². The minimum Gasteiger partial charge on any atom is -0.507 e. The van der Waals surface area contributed by atoms with E-state index in [1.165, 1.54) is 12.3 Å². The smallest absolute Gasteiger partial charge is 0.261 e. The zero-order valence-electron chi connectivity index (χ0n) is 16.1. The van der Waals surface area contributed by atoms with Gasteiger partial charge < -0.3 is 15.3 Å². The molecule has 0 aromatic heterocycles. The van der Waals surface area contributed by atoms with Crippen LogP contribution in [0.15, 0.2) is 53.6 Å². The first-order valence-corrected chi connectivity index (χ1v) is 9.77. The fourth-order valence-electron chi connectivity index (χ4n) is 3.57. The highest BCUT2D eigenvalue weighted by atomic mass is 35.5. The van der Waals surface area contributed by atoms with Gasteiger partial charge in [-0.25, -0.2) is 0 Å². The average molecular weight is 440 g/mol. The fourth-order valence-corrected chi connectivity index (χ4v) is 3.75. The Balaban J connectivity index is 1.73. The van der Waals surface area contributed by atoms with Gasteiger partial charge in [-0.3, -0.25) is 19.9 Å². The number of hydrogen-bond donors (Lipinski definition) is 4. The molecular formula is C22H18ClN3O5. The number of anilines is 1. The lowest BCUT2D eigenvalue weighted by atomic mass is 9.92. The third-order valence-electron chi connectivity index (χ3n) is 5.10. The highest BCUT2D eigenvalue weighted by Gasteiger charge is 2.37. The van der Waals surface area contributed by atoms with Crippen molar-refractivity contribution in [3.8, 4) is 5.75 Å². The Kier molecular flexibility index (Phi) is 5.60. The van der Waals surface area contributed by atoms with Gasteiger partial charge in [0.25, 0.3) is 11.8 Å². The molecule has 9 heteroatoms. The molecule has 2 amide bonds. The molecule has 158 valence electrons. The minimum absolute atomic E-state index is 0.0189. The van der Waals surface area contributed by atoms with Crippen LogP contribution in [0.2, 0.25) is 5.02 Å². The maximum absolute atomic E-state index is 12.9. The predicted octanol–water partition coefficient (Wildman–Crippen LogP) is 2.59. The largest absolute Gasteiger partial charge is 0.507 e. The van der Waals surface area contributed by atoms with Crippen LogP contribution in [0.1, 0.15) is 26.3 Å². The monoisotopic (exact) mass is 439 g/mol. The summed E-state index contributed by atoms with van der Waals surface area (Å²) < 4.78 is 0. The molecule has 0 saturated heterocycles. The van der Waals surface area contributed by atoms with Crippen molar-refractivity contribution in [2.24, 2.45) is 5.10 Å². The van der Waals surface area contributed by atoms with Crippen molar-refractivity contribution in [1.82, 2.24) is 4.90 Å². The van der Waals surface area contributed by atoms with E-state index in [0.717, 1.165) is 4.90 Å². The molecule has 0 radical (unpaired) electrons. The maximum atomic E-state index is 12.9. The Morgan fingerprint density at radius 3 is 2.45 bits per heavy atom. The molecule has 3 aromatic carbocycles. The van der Waals surface area contributed by atoms with Crippen molar-refractivity contribution in [1.29, 1.82) is 0 Å².